The smallest absolute Gasteiger partial charge is 0.150 e. The van der Waals surface area contributed by atoms with Crippen molar-refractivity contribution in [1.82, 2.24) is 0 Å². The molecule has 0 spiro atoms. The quantitative estimate of drug-likeness (QED) is 0.797. The summed E-state index contributed by atoms with van der Waals surface area (Å²) in [4.78, 5) is 13.1. The van der Waals surface area contributed by atoms with Crippen LogP contribution in [0.3, 0.4) is 0 Å². The summed E-state index contributed by atoms with van der Waals surface area (Å²) in [5.41, 5.74) is 4.73. The molecule has 3 heteroatoms. The molecule has 1 aliphatic heterocycles. The lowest BCUT2D eigenvalue weighted by Gasteiger charge is -2.41. The summed E-state index contributed by atoms with van der Waals surface area (Å²) in [5.74, 6) is 0.238. The largest absolute Gasteiger partial charge is 0.368 e. The van der Waals surface area contributed by atoms with Crippen molar-refractivity contribution in [2.24, 2.45) is 0 Å². The number of rotatable bonds is 3. The van der Waals surface area contributed by atoms with Gasteiger partial charge >= 0.3 is 0 Å². The zero-order chi connectivity index (χ0) is 15.0. The molecule has 2 aromatic carbocycles. The number of hydrogen-bond acceptors (Lipinski definition) is 2. The Labute approximate surface area is 124 Å². The van der Waals surface area contributed by atoms with Crippen LogP contribution in [0.5, 0.6) is 0 Å². The summed E-state index contributed by atoms with van der Waals surface area (Å²) in [6, 6.07) is 11.0. The van der Waals surface area contributed by atoms with Crippen molar-refractivity contribution in [3.63, 3.8) is 0 Å². The van der Waals surface area contributed by atoms with Crippen molar-refractivity contribution in [3.05, 3.63) is 64.5 Å². The Hall–Kier alpha value is -2.16. The van der Waals surface area contributed by atoms with Crippen molar-refractivity contribution in [2.45, 2.75) is 19.8 Å². The van der Waals surface area contributed by atoms with Gasteiger partial charge in [-0.15, -0.1) is 0 Å². The summed E-state index contributed by atoms with van der Waals surface area (Å²) in [6.07, 6.45) is 0.918. The van der Waals surface area contributed by atoms with Gasteiger partial charge < -0.3 is 4.90 Å². The van der Waals surface area contributed by atoms with E-state index in [0.29, 0.717) is 11.6 Å². The summed E-state index contributed by atoms with van der Waals surface area (Å²) < 4.78 is 13.7. The van der Waals surface area contributed by atoms with Crippen LogP contribution < -0.4 is 4.90 Å². The normalized spacial score (nSPS) is 14.9. The summed E-state index contributed by atoms with van der Waals surface area (Å²) in [5, 5.41) is 0. The predicted molar refractivity (Wildman–Crippen MR) is 82.7 cm³/mol. The molecule has 0 bridgehead atoms. The molecule has 1 fully saturated rings. The van der Waals surface area contributed by atoms with E-state index in [0.717, 1.165) is 36.1 Å². The maximum atomic E-state index is 13.7. The maximum absolute atomic E-state index is 13.7. The molecule has 2 nitrogen and oxygen atoms in total. The lowest BCUT2D eigenvalue weighted by molar-refractivity contribution is 0.112. The third kappa shape index (κ3) is 2.44. The van der Waals surface area contributed by atoms with Gasteiger partial charge in [-0.3, -0.25) is 4.79 Å². The zero-order valence-electron chi connectivity index (χ0n) is 12.3. The van der Waals surface area contributed by atoms with E-state index >= 15 is 0 Å². The SMILES string of the molecule is Cc1cc(C2CN(c3ccccc3F)C2)cc(C)c1C=O. The van der Waals surface area contributed by atoms with Gasteiger partial charge in [0.2, 0.25) is 0 Å². The third-order valence-electron chi connectivity index (χ3n) is 4.28. The number of para-hydroxylation sites is 1. The molecular weight excluding hydrogens is 265 g/mol. The molecular formula is C18H18FNO. The van der Waals surface area contributed by atoms with E-state index in [1.165, 1.54) is 11.6 Å². The monoisotopic (exact) mass is 283 g/mol. The fraction of sp³-hybridized carbons (Fsp3) is 0.278. The molecule has 0 radical (unpaired) electrons. The Balaban J connectivity index is 1.78. The van der Waals surface area contributed by atoms with Gasteiger partial charge in [0.25, 0.3) is 0 Å². The number of anilines is 1. The van der Waals surface area contributed by atoms with Gasteiger partial charge in [-0.05, 0) is 42.7 Å². The fourth-order valence-electron chi connectivity index (χ4n) is 3.02. The fourth-order valence-corrected chi connectivity index (χ4v) is 3.02. The summed E-state index contributed by atoms with van der Waals surface area (Å²) in [6.45, 7) is 5.57. The highest BCUT2D eigenvalue weighted by Crippen LogP contribution is 2.34. The molecule has 0 aromatic heterocycles. The Kier molecular flexibility index (Phi) is 3.50. The van der Waals surface area contributed by atoms with Gasteiger partial charge in [0, 0.05) is 24.6 Å². The van der Waals surface area contributed by atoms with Crippen molar-refractivity contribution in [1.29, 1.82) is 0 Å². The van der Waals surface area contributed by atoms with Crippen molar-refractivity contribution in [2.75, 3.05) is 18.0 Å². The number of carbonyl (C=O) groups is 1. The first-order valence-corrected chi connectivity index (χ1v) is 7.16. The van der Waals surface area contributed by atoms with Gasteiger partial charge in [0.1, 0.15) is 5.82 Å². The highest BCUT2D eigenvalue weighted by atomic mass is 19.1. The number of aryl methyl sites for hydroxylation is 2. The second-order valence-corrected chi connectivity index (χ2v) is 5.74. The van der Waals surface area contributed by atoms with Gasteiger partial charge in [0.05, 0.1) is 5.69 Å². The van der Waals surface area contributed by atoms with E-state index in [1.807, 2.05) is 26.0 Å². The van der Waals surface area contributed by atoms with Crippen LogP contribution in [-0.2, 0) is 0 Å². The van der Waals surface area contributed by atoms with E-state index in [9.17, 15) is 9.18 Å². The van der Waals surface area contributed by atoms with Crippen molar-refractivity contribution >= 4 is 12.0 Å². The molecule has 0 amide bonds. The van der Waals surface area contributed by atoms with Gasteiger partial charge in [0.15, 0.2) is 6.29 Å². The minimum atomic E-state index is -0.167. The van der Waals surface area contributed by atoms with Crippen LogP contribution in [0, 0.1) is 19.7 Å². The molecule has 1 aliphatic rings. The van der Waals surface area contributed by atoms with Crippen molar-refractivity contribution < 1.29 is 9.18 Å². The van der Waals surface area contributed by atoms with Crippen LogP contribution in [0.1, 0.15) is 33.0 Å². The van der Waals surface area contributed by atoms with Crippen LogP contribution in [0.4, 0.5) is 10.1 Å². The highest BCUT2D eigenvalue weighted by Gasteiger charge is 2.30. The van der Waals surface area contributed by atoms with Gasteiger partial charge in [-0.25, -0.2) is 4.39 Å². The van der Waals surface area contributed by atoms with Crippen LogP contribution in [0.2, 0.25) is 0 Å². The molecule has 0 unspecified atom stereocenters. The number of nitrogens with zero attached hydrogens (tertiary/aromatic N) is 1. The molecule has 1 heterocycles. The molecule has 108 valence electrons. The van der Waals surface area contributed by atoms with Gasteiger partial charge in [-0.1, -0.05) is 24.3 Å². The number of hydrogen-bond donors (Lipinski definition) is 0. The second-order valence-electron chi connectivity index (χ2n) is 5.74. The van der Waals surface area contributed by atoms with Crippen LogP contribution in [0.25, 0.3) is 0 Å². The van der Waals surface area contributed by atoms with E-state index in [4.69, 9.17) is 0 Å². The summed E-state index contributed by atoms with van der Waals surface area (Å²) >= 11 is 0. The molecule has 0 saturated carbocycles. The standard InChI is InChI=1S/C18H18FNO/c1-12-7-14(8-13(2)16(12)11-21)15-9-20(10-15)18-6-4-3-5-17(18)19/h3-8,11,15H,9-10H2,1-2H3. The average molecular weight is 283 g/mol. The van der Waals surface area contributed by atoms with E-state index < -0.39 is 0 Å². The average Bonchev–Trinajstić information content (AvgIpc) is 2.39. The van der Waals surface area contributed by atoms with E-state index in [1.54, 1.807) is 6.07 Å². The predicted octanol–water partition coefficient (Wildman–Crippen LogP) is 3.86. The van der Waals surface area contributed by atoms with Crippen molar-refractivity contribution in [3.8, 4) is 0 Å². The zero-order valence-corrected chi connectivity index (χ0v) is 12.3. The molecule has 0 atom stereocenters. The molecule has 0 N–H and O–H groups in total. The lowest BCUT2D eigenvalue weighted by Crippen LogP contribution is -2.45. The van der Waals surface area contributed by atoms with Crippen LogP contribution >= 0.6 is 0 Å². The Morgan fingerprint density at radius 1 is 1.14 bits per heavy atom. The second kappa shape index (κ2) is 5.32. The number of carbonyl (C=O) groups excluding carboxylic acids is 1. The van der Waals surface area contributed by atoms with Crippen LogP contribution in [0.15, 0.2) is 36.4 Å². The maximum Gasteiger partial charge on any atom is 0.150 e. The Bertz CT molecular complexity index is 666. The number of benzene rings is 2. The third-order valence-corrected chi connectivity index (χ3v) is 4.28. The Morgan fingerprint density at radius 3 is 2.33 bits per heavy atom. The molecule has 3 rings (SSSR count). The van der Waals surface area contributed by atoms with E-state index in [2.05, 4.69) is 17.0 Å². The first-order chi connectivity index (χ1) is 10.1. The summed E-state index contributed by atoms with van der Waals surface area (Å²) in [7, 11) is 0. The Morgan fingerprint density at radius 2 is 1.76 bits per heavy atom. The minimum Gasteiger partial charge on any atom is -0.368 e. The lowest BCUT2D eigenvalue weighted by atomic mass is 9.87. The van der Waals surface area contributed by atoms with Crippen LogP contribution in [-0.4, -0.2) is 19.4 Å². The minimum absolute atomic E-state index is 0.167. The highest BCUT2D eigenvalue weighted by molar-refractivity contribution is 5.79. The molecule has 1 saturated heterocycles. The molecule has 21 heavy (non-hydrogen) atoms. The first kappa shape index (κ1) is 13.8. The number of halogens is 1. The molecule has 2 aromatic rings. The van der Waals surface area contributed by atoms with E-state index in [-0.39, 0.29) is 5.82 Å². The number of aldehydes is 1. The topological polar surface area (TPSA) is 20.3 Å². The van der Waals surface area contributed by atoms with Gasteiger partial charge in [-0.2, -0.15) is 0 Å². The molecule has 0 aliphatic carbocycles. The first-order valence-electron chi connectivity index (χ1n) is 7.16.